The Hall–Kier alpha value is -2.14. The van der Waals surface area contributed by atoms with E-state index >= 15 is 0 Å². The minimum atomic E-state index is 0.199. The van der Waals surface area contributed by atoms with Gasteiger partial charge in [0, 0.05) is 37.2 Å². The molecule has 5 nitrogen and oxygen atoms in total. The largest absolute Gasteiger partial charge is 0.333 e. The molecule has 0 N–H and O–H groups in total. The third-order valence-electron chi connectivity index (χ3n) is 4.97. The van der Waals surface area contributed by atoms with Gasteiger partial charge in [-0.15, -0.1) is 0 Å². The van der Waals surface area contributed by atoms with E-state index in [1.54, 1.807) is 0 Å². The Morgan fingerprint density at radius 3 is 3.09 bits per heavy atom. The van der Waals surface area contributed by atoms with Crippen LogP contribution < -0.4 is 4.90 Å². The topological polar surface area (TPSA) is 41.4 Å². The van der Waals surface area contributed by atoms with Gasteiger partial charge in [-0.05, 0) is 31.4 Å². The van der Waals surface area contributed by atoms with E-state index in [0.717, 1.165) is 44.0 Å². The fraction of sp³-hybridized carbons (Fsp3) is 0.444. The average Bonchev–Trinajstić information content (AvgIpc) is 3.02. The Kier molecular flexibility index (Phi) is 3.65. The summed E-state index contributed by atoms with van der Waals surface area (Å²) in [4.78, 5) is 21.5. The lowest BCUT2D eigenvalue weighted by molar-refractivity contribution is -0.120. The average molecular weight is 310 g/mol. The molecule has 0 unspecified atom stereocenters. The Morgan fingerprint density at radius 1 is 1.30 bits per heavy atom. The molecule has 5 heteroatoms. The molecule has 0 saturated heterocycles. The molecule has 1 aromatic heterocycles. The number of rotatable bonds is 2. The summed E-state index contributed by atoms with van der Waals surface area (Å²) in [5.74, 6) is 1.25. The van der Waals surface area contributed by atoms with Gasteiger partial charge in [-0.3, -0.25) is 9.69 Å². The number of aromatic nitrogens is 2. The molecule has 23 heavy (non-hydrogen) atoms. The molecule has 3 heterocycles. The second kappa shape index (κ2) is 5.81. The SMILES string of the molecule is C[C@H]1CCc2ccccc2N1C(=O)CN1CCn2ccnc2C1. The molecule has 0 saturated carbocycles. The van der Waals surface area contributed by atoms with Gasteiger partial charge >= 0.3 is 0 Å². The Balaban J connectivity index is 1.51. The summed E-state index contributed by atoms with van der Waals surface area (Å²) in [5, 5.41) is 0. The van der Waals surface area contributed by atoms with E-state index in [1.807, 2.05) is 23.4 Å². The summed E-state index contributed by atoms with van der Waals surface area (Å²) in [7, 11) is 0. The fourth-order valence-corrected chi connectivity index (χ4v) is 3.69. The van der Waals surface area contributed by atoms with Crippen LogP contribution in [0.1, 0.15) is 24.7 Å². The number of hydrogen-bond acceptors (Lipinski definition) is 3. The van der Waals surface area contributed by atoms with E-state index in [4.69, 9.17) is 0 Å². The molecule has 2 aliphatic rings. The molecule has 2 aliphatic heterocycles. The van der Waals surface area contributed by atoms with Crippen molar-refractivity contribution in [3.05, 3.63) is 48.0 Å². The Morgan fingerprint density at radius 2 is 2.17 bits per heavy atom. The van der Waals surface area contributed by atoms with Gasteiger partial charge in [0.05, 0.1) is 13.1 Å². The van der Waals surface area contributed by atoms with Crippen LogP contribution in [0.4, 0.5) is 5.69 Å². The summed E-state index contributed by atoms with van der Waals surface area (Å²) in [6.45, 7) is 5.18. The van der Waals surface area contributed by atoms with E-state index in [0.29, 0.717) is 6.54 Å². The standard InChI is InChI=1S/C18H22N4O/c1-14-6-7-15-4-2-3-5-16(15)22(14)18(23)13-20-10-11-21-9-8-19-17(21)12-20/h2-5,8-9,14H,6-7,10-13H2,1H3/t14-/m0/s1. The first-order valence-corrected chi connectivity index (χ1v) is 8.35. The van der Waals surface area contributed by atoms with Crippen molar-refractivity contribution in [3.8, 4) is 0 Å². The highest BCUT2D eigenvalue weighted by molar-refractivity contribution is 5.96. The predicted octanol–water partition coefficient (Wildman–Crippen LogP) is 2.07. The van der Waals surface area contributed by atoms with Crippen molar-refractivity contribution in [2.24, 2.45) is 0 Å². The molecule has 4 rings (SSSR count). The second-order valence-electron chi connectivity index (χ2n) is 6.53. The third kappa shape index (κ3) is 2.65. The molecule has 120 valence electrons. The number of hydrogen-bond donors (Lipinski definition) is 0. The lowest BCUT2D eigenvalue weighted by Gasteiger charge is -2.37. The first kappa shape index (κ1) is 14.5. The quantitative estimate of drug-likeness (QED) is 0.853. The predicted molar refractivity (Wildman–Crippen MR) is 89.2 cm³/mol. The lowest BCUT2D eigenvalue weighted by atomic mass is 9.96. The van der Waals surface area contributed by atoms with Crippen molar-refractivity contribution in [1.82, 2.24) is 14.5 Å². The van der Waals surface area contributed by atoms with Crippen LogP contribution in [-0.4, -0.2) is 39.5 Å². The number of anilines is 1. The van der Waals surface area contributed by atoms with Gasteiger partial charge in [-0.2, -0.15) is 0 Å². The van der Waals surface area contributed by atoms with E-state index in [9.17, 15) is 4.79 Å². The number of carbonyl (C=O) groups excluding carboxylic acids is 1. The molecule has 0 bridgehead atoms. The molecule has 1 amide bonds. The maximum atomic E-state index is 12.9. The molecule has 1 aromatic carbocycles. The van der Waals surface area contributed by atoms with Crippen LogP contribution >= 0.6 is 0 Å². The van der Waals surface area contributed by atoms with Gasteiger partial charge in [-0.1, -0.05) is 18.2 Å². The van der Waals surface area contributed by atoms with Crippen molar-refractivity contribution in [1.29, 1.82) is 0 Å². The van der Waals surface area contributed by atoms with E-state index < -0.39 is 0 Å². The number of amides is 1. The van der Waals surface area contributed by atoms with Crippen molar-refractivity contribution in [3.63, 3.8) is 0 Å². The normalized spacial score (nSPS) is 20.9. The minimum Gasteiger partial charge on any atom is -0.333 e. The number of imidazole rings is 1. The number of aryl methyl sites for hydroxylation is 1. The molecule has 0 aliphatic carbocycles. The first-order chi connectivity index (χ1) is 11.2. The Bertz CT molecular complexity index is 723. The highest BCUT2D eigenvalue weighted by Crippen LogP contribution is 2.30. The van der Waals surface area contributed by atoms with Crippen molar-refractivity contribution < 1.29 is 4.79 Å². The molecule has 0 fully saturated rings. The fourth-order valence-electron chi connectivity index (χ4n) is 3.69. The van der Waals surface area contributed by atoms with E-state index in [-0.39, 0.29) is 11.9 Å². The zero-order valence-electron chi connectivity index (χ0n) is 13.5. The van der Waals surface area contributed by atoms with Crippen LogP contribution in [0, 0.1) is 0 Å². The van der Waals surface area contributed by atoms with Crippen molar-refractivity contribution in [2.75, 3.05) is 18.0 Å². The van der Waals surface area contributed by atoms with Crippen molar-refractivity contribution in [2.45, 2.75) is 38.9 Å². The highest BCUT2D eigenvalue weighted by atomic mass is 16.2. The summed E-state index contributed by atoms with van der Waals surface area (Å²) < 4.78 is 2.17. The van der Waals surface area contributed by atoms with Crippen LogP contribution in [0.3, 0.4) is 0 Å². The maximum absolute atomic E-state index is 12.9. The van der Waals surface area contributed by atoms with Crippen LogP contribution in [-0.2, 0) is 24.3 Å². The lowest BCUT2D eigenvalue weighted by Crippen LogP contribution is -2.48. The molecule has 0 radical (unpaired) electrons. The Labute approximate surface area is 136 Å². The summed E-state index contributed by atoms with van der Waals surface area (Å²) in [6, 6.07) is 8.56. The van der Waals surface area contributed by atoms with E-state index in [2.05, 4.69) is 39.6 Å². The number of para-hydroxylation sites is 1. The van der Waals surface area contributed by atoms with E-state index in [1.165, 1.54) is 5.56 Å². The van der Waals surface area contributed by atoms with Crippen molar-refractivity contribution >= 4 is 11.6 Å². The number of fused-ring (bicyclic) bond motifs is 2. The monoisotopic (exact) mass is 310 g/mol. The zero-order valence-corrected chi connectivity index (χ0v) is 13.5. The maximum Gasteiger partial charge on any atom is 0.241 e. The van der Waals surface area contributed by atoms with Gasteiger partial charge in [0.25, 0.3) is 0 Å². The van der Waals surface area contributed by atoms with Crippen LogP contribution in [0.5, 0.6) is 0 Å². The molecule has 1 atom stereocenters. The summed E-state index contributed by atoms with van der Waals surface area (Å²) >= 11 is 0. The molecule has 2 aromatic rings. The number of nitrogens with zero attached hydrogens (tertiary/aromatic N) is 4. The number of carbonyl (C=O) groups is 1. The van der Waals surface area contributed by atoms with Gasteiger partial charge in [-0.25, -0.2) is 4.98 Å². The zero-order chi connectivity index (χ0) is 15.8. The van der Waals surface area contributed by atoms with Crippen LogP contribution in [0.25, 0.3) is 0 Å². The minimum absolute atomic E-state index is 0.199. The third-order valence-corrected chi connectivity index (χ3v) is 4.97. The van der Waals surface area contributed by atoms with Gasteiger partial charge in [0.15, 0.2) is 0 Å². The van der Waals surface area contributed by atoms with Gasteiger partial charge in [0.2, 0.25) is 5.91 Å². The molecular weight excluding hydrogens is 288 g/mol. The van der Waals surface area contributed by atoms with Crippen LogP contribution in [0.15, 0.2) is 36.7 Å². The number of benzene rings is 1. The first-order valence-electron chi connectivity index (χ1n) is 8.35. The second-order valence-corrected chi connectivity index (χ2v) is 6.53. The van der Waals surface area contributed by atoms with Gasteiger partial charge < -0.3 is 9.47 Å². The van der Waals surface area contributed by atoms with Crippen LogP contribution in [0.2, 0.25) is 0 Å². The van der Waals surface area contributed by atoms with Gasteiger partial charge in [0.1, 0.15) is 5.82 Å². The molecule has 0 spiro atoms. The molecular formula is C18H22N4O. The summed E-state index contributed by atoms with van der Waals surface area (Å²) in [5.41, 5.74) is 2.38. The summed E-state index contributed by atoms with van der Waals surface area (Å²) in [6.07, 6.45) is 5.94. The smallest absolute Gasteiger partial charge is 0.241 e. The highest BCUT2D eigenvalue weighted by Gasteiger charge is 2.29.